The van der Waals surface area contributed by atoms with Crippen molar-refractivity contribution in [3.8, 4) is 5.75 Å². The quantitative estimate of drug-likeness (QED) is 0.787. The van der Waals surface area contributed by atoms with Crippen LogP contribution < -0.4 is 10.1 Å². The van der Waals surface area contributed by atoms with Gasteiger partial charge in [-0.3, -0.25) is 4.79 Å². The molecule has 1 aliphatic heterocycles. The highest BCUT2D eigenvalue weighted by Gasteiger charge is 2.19. The highest BCUT2D eigenvalue weighted by molar-refractivity contribution is 6.30. The minimum atomic E-state index is 0.209. The van der Waals surface area contributed by atoms with Gasteiger partial charge in [0.2, 0.25) is 5.91 Å². The van der Waals surface area contributed by atoms with Crippen molar-refractivity contribution in [2.24, 2.45) is 0 Å². The number of carbonyl (C=O) groups is 1. The van der Waals surface area contributed by atoms with Crippen molar-refractivity contribution in [2.45, 2.75) is 31.7 Å². The maximum absolute atomic E-state index is 12.0. The Balaban J connectivity index is 1.60. The van der Waals surface area contributed by atoms with Crippen molar-refractivity contribution >= 4 is 17.5 Å². The molecule has 1 saturated heterocycles. The molecule has 5 heteroatoms. The lowest BCUT2D eigenvalue weighted by molar-refractivity contribution is -0.130. The van der Waals surface area contributed by atoms with E-state index in [-0.39, 0.29) is 5.91 Å². The fourth-order valence-electron chi connectivity index (χ4n) is 2.44. The summed E-state index contributed by atoms with van der Waals surface area (Å²) in [4.78, 5) is 13.8. The van der Waals surface area contributed by atoms with Gasteiger partial charge in [0.15, 0.2) is 0 Å². The largest absolute Gasteiger partial charge is 0.494 e. The summed E-state index contributed by atoms with van der Waals surface area (Å²) in [6, 6.07) is 7.68. The summed E-state index contributed by atoms with van der Waals surface area (Å²) in [6.07, 6.45) is 3.72. The summed E-state index contributed by atoms with van der Waals surface area (Å²) >= 11 is 5.81. The van der Waals surface area contributed by atoms with E-state index in [1.54, 1.807) is 17.0 Å². The van der Waals surface area contributed by atoms with Crippen molar-refractivity contribution in [3.63, 3.8) is 0 Å². The van der Waals surface area contributed by atoms with E-state index in [9.17, 15) is 4.79 Å². The van der Waals surface area contributed by atoms with Crippen LogP contribution in [0.2, 0.25) is 5.02 Å². The van der Waals surface area contributed by atoms with Gasteiger partial charge in [-0.05, 0) is 50.1 Å². The first kappa shape index (κ1) is 16.1. The first-order chi connectivity index (χ1) is 10.1. The second-order valence-electron chi connectivity index (χ2n) is 5.47. The normalized spacial score (nSPS) is 17.7. The van der Waals surface area contributed by atoms with Crippen molar-refractivity contribution in [2.75, 3.05) is 26.7 Å². The topological polar surface area (TPSA) is 41.6 Å². The predicted octanol–water partition coefficient (Wildman–Crippen LogP) is 2.71. The summed E-state index contributed by atoms with van der Waals surface area (Å²) in [5, 5.41) is 4.05. The van der Waals surface area contributed by atoms with Gasteiger partial charge in [-0.25, -0.2) is 0 Å². The van der Waals surface area contributed by atoms with E-state index in [4.69, 9.17) is 16.3 Å². The van der Waals surface area contributed by atoms with Gasteiger partial charge in [0.25, 0.3) is 0 Å². The van der Waals surface area contributed by atoms with E-state index in [0.717, 1.165) is 31.7 Å². The molecule has 0 aromatic heterocycles. The molecule has 0 radical (unpaired) electrons. The van der Waals surface area contributed by atoms with Crippen LogP contribution in [0.1, 0.15) is 25.7 Å². The van der Waals surface area contributed by atoms with E-state index < -0.39 is 0 Å². The Hall–Kier alpha value is -1.26. The highest BCUT2D eigenvalue weighted by atomic mass is 35.5. The lowest BCUT2D eigenvalue weighted by atomic mass is 10.1. The standard InChI is InChI=1S/C16H23ClN2O2/c1-19(16(20)12-14-4-2-9-18-14)10-3-11-21-15-7-5-13(17)6-8-15/h5-8,14,18H,2-4,9-12H2,1H3. The molecule has 1 amide bonds. The number of carbonyl (C=O) groups excluding carboxylic acids is 1. The molecule has 116 valence electrons. The van der Waals surface area contributed by atoms with Crippen molar-refractivity contribution in [1.29, 1.82) is 0 Å². The lowest BCUT2D eigenvalue weighted by Gasteiger charge is -2.19. The zero-order valence-electron chi connectivity index (χ0n) is 12.5. The Kier molecular flexibility index (Phi) is 6.33. The number of hydrogen-bond acceptors (Lipinski definition) is 3. The predicted molar refractivity (Wildman–Crippen MR) is 84.8 cm³/mol. The van der Waals surface area contributed by atoms with Crippen molar-refractivity contribution < 1.29 is 9.53 Å². The molecule has 1 aromatic rings. The molecule has 1 heterocycles. The Labute approximate surface area is 131 Å². The van der Waals surface area contributed by atoms with Crippen LogP contribution in [0.15, 0.2) is 24.3 Å². The van der Waals surface area contributed by atoms with Gasteiger partial charge in [0.05, 0.1) is 6.61 Å². The Morgan fingerprint density at radius 1 is 1.43 bits per heavy atom. The maximum atomic E-state index is 12.0. The fourth-order valence-corrected chi connectivity index (χ4v) is 2.57. The van der Waals surface area contributed by atoms with Crippen LogP contribution in [-0.4, -0.2) is 43.6 Å². The van der Waals surface area contributed by atoms with Crippen LogP contribution in [0, 0.1) is 0 Å². The number of amides is 1. The third kappa shape index (κ3) is 5.56. The van der Waals surface area contributed by atoms with Gasteiger partial charge in [0, 0.05) is 31.1 Å². The van der Waals surface area contributed by atoms with E-state index in [1.807, 2.05) is 19.2 Å². The second-order valence-corrected chi connectivity index (χ2v) is 5.91. The van der Waals surface area contributed by atoms with Crippen LogP contribution in [0.25, 0.3) is 0 Å². The number of hydrogen-bond donors (Lipinski definition) is 1. The molecule has 1 aliphatic rings. The van der Waals surface area contributed by atoms with E-state index >= 15 is 0 Å². The molecule has 4 nitrogen and oxygen atoms in total. The van der Waals surface area contributed by atoms with E-state index in [2.05, 4.69) is 5.32 Å². The molecule has 1 atom stereocenters. The molecule has 0 spiro atoms. The summed E-state index contributed by atoms with van der Waals surface area (Å²) < 4.78 is 5.62. The van der Waals surface area contributed by atoms with E-state index in [0.29, 0.717) is 24.1 Å². The molecule has 0 bridgehead atoms. The number of halogens is 1. The number of nitrogens with zero attached hydrogens (tertiary/aromatic N) is 1. The molecule has 1 fully saturated rings. The number of benzene rings is 1. The molecular formula is C16H23ClN2O2. The van der Waals surface area contributed by atoms with Gasteiger partial charge >= 0.3 is 0 Å². The smallest absolute Gasteiger partial charge is 0.223 e. The van der Waals surface area contributed by atoms with Crippen LogP contribution in [0.3, 0.4) is 0 Å². The van der Waals surface area contributed by atoms with Crippen LogP contribution in [-0.2, 0) is 4.79 Å². The molecule has 0 saturated carbocycles. The zero-order valence-corrected chi connectivity index (χ0v) is 13.2. The van der Waals surface area contributed by atoms with Crippen molar-refractivity contribution in [1.82, 2.24) is 10.2 Å². The molecule has 0 aliphatic carbocycles. The fraction of sp³-hybridized carbons (Fsp3) is 0.562. The number of ether oxygens (including phenoxy) is 1. The lowest BCUT2D eigenvalue weighted by Crippen LogP contribution is -2.34. The zero-order chi connectivity index (χ0) is 15.1. The summed E-state index contributed by atoms with van der Waals surface area (Å²) in [5.74, 6) is 1.02. The van der Waals surface area contributed by atoms with E-state index in [1.165, 1.54) is 6.42 Å². The number of rotatable bonds is 7. The van der Waals surface area contributed by atoms with Gasteiger partial charge in [-0.2, -0.15) is 0 Å². The second kappa shape index (κ2) is 8.25. The average molecular weight is 311 g/mol. The highest BCUT2D eigenvalue weighted by Crippen LogP contribution is 2.15. The maximum Gasteiger partial charge on any atom is 0.223 e. The third-order valence-electron chi connectivity index (χ3n) is 3.73. The van der Waals surface area contributed by atoms with Crippen molar-refractivity contribution in [3.05, 3.63) is 29.3 Å². The minimum absolute atomic E-state index is 0.209. The third-order valence-corrected chi connectivity index (χ3v) is 3.98. The monoisotopic (exact) mass is 310 g/mol. The van der Waals surface area contributed by atoms with Gasteiger partial charge in [-0.15, -0.1) is 0 Å². The van der Waals surface area contributed by atoms with Gasteiger partial charge in [-0.1, -0.05) is 11.6 Å². The SMILES string of the molecule is CN(CCCOc1ccc(Cl)cc1)C(=O)CC1CCCN1. The summed E-state index contributed by atoms with van der Waals surface area (Å²) in [6.45, 7) is 2.36. The van der Waals surface area contributed by atoms with Crippen LogP contribution >= 0.6 is 11.6 Å². The average Bonchev–Trinajstić information content (AvgIpc) is 2.98. The molecule has 1 N–H and O–H groups in total. The van der Waals surface area contributed by atoms with Gasteiger partial charge in [0.1, 0.15) is 5.75 Å². The summed E-state index contributed by atoms with van der Waals surface area (Å²) in [5.41, 5.74) is 0. The molecule has 1 unspecified atom stereocenters. The molecule has 2 rings (SSSR count). The first-order valence-electron chi connectivity index (χ1n) is 7.51. The number of nitrogens with one attached hydrogen (secondary N) is 1. The Bertz CT molecular complexity index is 444. The molecular weight excluding hydrogens is 288 g/mol. The van der Waals surface area contributed by atoms with Gasteiger partial charge < -0.3 is 15.0 Å². The molecule has 21 heavy (non-hydrogen) atoms. The van der Waals surface area contributed by atoms with Crippen LogP contribution in [0.4, 0.5) is 0 Å². The Morgan fingerprint density at radius 3 is 2.86 bits per heavy atom. The Morgan fingerprint density at radius 2 is 2.19 bits per heavy atom. The minimum Gasteiger partial charge on any atom is -0.494 e. The molecule has 1 aromatic carbocycles. The summed E-state index contributed by atoms with van der Waals surface area (Å²) in [7, 11) is 1.86. The first-order valence-corrected chi connectivity index (χ1v) is 7.88. The van der Waals surface area contributed by atoms with Crippen LogP contribution in [0.5, 0.6) is 5.75 Å².